The van der Waals surface area contributed by atoms with E-state index in [1.807, 2.05) is 6.92 Å². The van der Waals surface area contributed by atoms with Gasteiger partial charge in [-0.3, -0.25) is 0 Å². The fraction of sp³-hybridized carbons (Fsp3) is 0.522. The maximum Gasteiger partial charge on any atom is 0.182 e. The van der Waals surface area contributed by atoms with Crippen LogP contribution in [0.1, 0.15) is 74.1 Å². The molecule has 1 saturated carbocycles. The maximum atomic E-state index is 13.7. The summed E-state index contributed by atoms with van der Waals surface area (Å²) in [5.41, 5.74) is 1.83. The van der Waals surface area contributed by atoms with Gasteiger partial charge in [-0.15, -0.1) is 10.2 Å². The molecule has 9 nitrogen and oxygen atoms in total. The number of nitrogens with zero attached hydrogens (tertiary/aromatic N) is 6. The summed E-state index contributed by atoms with van der Waals surface area (Å²) >= 11 is 0. The first-order chi connectivity index (χ1) is 17.2. The molecule has 3 heterocycles. The predicted molar refractivity (Wildman–Crippen MR) is 124 cm³/mol. The van der Waals surface area contributed by atoms with Gasteiger partial charge >= 0.3 is 0 Å². The molecule has 1 aliphatic carbocycles. The first kappa shape index (κ1) is 18.7. The zero-order chi connectivity index (χ0) is 27.3. The molecule has 1 fully saturated rings. The van der Waals surface area contributed by atoms with Crippen LogP contribution in [0.15, 0.2) is 30.6 Å². The Hall–Kier alpha value is -2.72. The lowest BCUT2D eigenvalue weighted by molar-refractivity contribution is 0.00141. The number of aryl methyl sites for hydroxylation is 2. The van der Waals surface area contributed by atoms with Crippen LogP contribution >= 0.6 is 0 Å². The summed E-state index contributed by atoms with van der Waals surface area (Å²) in [5.74, 6) is -0.349. The Bertz CT molecular complexity index is 1380. The fourth-order valence-corrected chi connectivity index (χ4v) is 4.81. The van der Waals surface area contributed by atoms with Crippen LogP contribution < -0.4 is 0 Å². The van der Waals surface area contributed by atoms with Crippen LogP contribution in [0.2, 0.25) is 0 Å². The molecule has 176 valence electrons. The van der Waals surface area contributed by atoms with E-state index in [1.54, 1.807) is 51.4 Å². The van der Waals surface area contributed by atoms with Crippen molar-refractivity contribution in [1.29, 1.82) is 0 Å². The molecule has 33 heavy (non-hydrogen) atoms. The summed E-state index contributed by atoms with van der Waals surface area (Å²) in [7, 11) is -3.99. The summed E-state index contributed by atoms with van der Waals surface area (Å²) in [6.45, 7) is 8.68. The molecule has 1 aliphatic rings. The van der Waals surface area contributed by atoms with E-state index in [1.165, 1.54) is 11.5 Å². The van der Waals surface area contributed by atoms with Crippen molar-refractivity contribution in [1.82, 2.24) is 29.7 Å². The van der Waals surface area contributed by atoms with Crippen molar-refractivity contribution in [3.63, 3.8) is 0 Å². The first-order valence-corrected chi connectivity index (χ1v) is 12.4. The zero-order valence-corrected chi connectivity index (χ0v) is 20.0. The van der Waals surface area contributed by atoms with E-state index in [-0.39, 0.29) is 23.6 Å². The molecule has 4 rings (SSSR count). The highest BCUT2D eigenvalue weighted by atomic mass is 32.2. The quantitative estimate of drug-likeness (QED) is 0.463. The standard InChI is InChI=1S/C23H30N6O3S/c1-14(2)32-21(22-24-11-15(3)12-25-22)17(5)33(30,31)13-20-27-28-23(29(20)18-9-10-18)19-8-6-7-16(4)26-19/h6-8,11-12,14,17-18,21H,9-10,13H2,1-5H3/t17-,21+/m0/s1/i9D2,10D2. The Kier molecular flexibility index (Phi) is 5.24. The third-order valence-electron chi connectivity index (χ3n) is 5.21. The highest BCUT2D eigenvalue weighted by Crippen LogP contribution is 2.39. The minimum absolute atomic E-state index is 0.0754. The second kappa shape index (κ2) is 9.26. The largest absolute Gasteiger partial charge is 0.366 e. The van der Waals surface area contributed by atoms with Crippen molar-refractivity contribution in [3.05, 3.63) is 53.5 Å². The molecule has 0 N–H and O–H groups in total. The molecule has 2 atom stereocenters. The third kappa shape index (κ3) is 5.27. The van der Waals surface area contributed by atoms with Crippen LogP contribution in [0.3, 0.4) is 0 Å². The normalized spacial score (nSPS) is 21.0. The number of hydrogen-bond acceptors (Lipinski definition) is 8. The van der Waals surface area contributed by atoms with Crippen molar-refractivity contribution in [2.75, 3.05) is 0 Å². The fourth-order valence-electron chi connectivity index (χ4n) is 3.43. The van der Waals surface area contributed by atoms with Crippen LogP contribution in [-0.4, -0.2) is 49.5 Å². The van der Waals surface area contributed by atoms with E-state index in [2.05, 4.69) is 25.1 Å². The SMILES string of the molecule is [2H]C1([2H])C(n2c(CS(=O)(=O)[C@@H](C)[C@@H](OC(C)C)c3ncc(C)cn3)nnc2-c2cccc(C)n2)C1([2H])[2H]. The van der Waals surface area contributed by atoms with E-state index < -0.39 is 45.7 Å². The first-order valence-electron chi connectivity index (χ1n) is 12.7. The highest BCUT2D eigenvalue weighted by Gasteiger charge is 2.37. The summed E-state index contributed by atoms with van der Waals surface area (Å²) in [5, 5.41) is 7.11. The highest BCUT2D eigenvalue weighted by molar-refractivity contribution is 7.91. The lowest BCUT2D eigenvalue weighted by atomic mass is 10.2. The number of hydrogen-bond donors (Lipinski definition) is 0. The van der Waals surface area contributed by atoms with Crippen molar-refractivity contribution in [2.24, 2.45) is 0 Å². The van der Waals surface area contributed by atoms with Crippen LogP contribution in [0, 0.1) is 13.8 Å². The van der Waals surface area contributed by atoms with E-state index in [0.29, 0.717) is 11.4 Å². The Labute approximate surface area is 200 Å². The number of ether oxygens (including phenoxy) is 1. The number of pyridine rings is 1. The van der Waals surface area contributed by atoms with Gasteiger partial charge in [0.2, 0.25) is 0 Å². The second-order valence-electron chi connectivity index (χ2n) is 8.40. The smallest absolute Gasteiger partial charge is 0.182 e. The summed E-state index contributed by atoms with van der Waals surface area (Å²) in [6.07, 6.45) is -2.56. The molecule has 0 amide bonds. The Morgan fingerprint density at radius 2 is 1.85 bits per heavy atom. The van der Waals surface area contributed by atoms with Crippen molar-refractivity contribution in [2.45, 2.75) is 76.6 Å². The Morgan fingerprint density at radius 3 is 2.45 bits per heavy atom. The van der Waals surface area contributed by atoms with E-state index in [9.17, 15) is 8.42 Å². The maximum absolute atomic E-state index is 13.7. The van der Waals surface area contributed by atoms with Crippen molar-refractivity contribution >= 4 is 9.84 Å². The summed E-state index contributed by atoms with van der Waals surface area (Å²) in [6, 6.07) is 3.84. The molecule has 3 aromatic rings. The lowest BCUT2D eigenvalue weighted by Gasteiger charge is -2.25. The summed E-state index contributed by atoms with van der Waals surface area (Å²) in [4.78, 5) is 13.0. The number of aromatic nitrogens is 6. The Morgan fingerprint density at radius 1 is 1.15 bits per heavy atom. The van der Waals surface area contributed by atoms with Crippen LogP contribution in [0.4, 0.5) is 0 Å². The third-order valence-corrected chi connectivity index (χ3v) is 7.25. The van der Waals surface area contributed by atoms with Gasteiger partial charge in [0.25, 0.3) is 0 Å². The molecule has 10 heteroatoms. The number of sulfone groups is 1. The van der Waals surface area contributed by atoms with Gasteiger partial charge in [0.1, 0.15) is 23.4 Å². The van der Waals surface area contributed by atoms with Crippen molar-refractivity contribution < 1.29 is 18.6 Å². The van der Waals surface area contributed by atoms with Gasteiger partial charge < -0.3 is 9.30 Å². The summed E-state index contributed by atoms with van der Waals surface area (Å²) < 4.78 is 67.2. The molecule has 0 bridgehead atoms. The minimum atomic E-state index is -3.99. The average molecular weight is 475 g/mol. The minimum Gasteiger partial charge on any atom is -0.366 e. The molecular formula is C23H30N6O3S. The van der Waals surface area contributed by atoms with Gasteiger partial charge in [0.15, 0.2) is 21.5 Å². The molecule has 0 unspecified atom stereocenters. The van der Waals surface area contributed by atoms with Gasteiger partial charge in [-0.05, 0) is 65.1 Å². The van der Waals surface area contributed by atoms with Crippen LogP contribution in [-0.2, 0) is 20.3 Å². The van der Waals surface area contributed by atoms with Crippen LogP contribution in [0.5, 0.6) is 0 Å². The van der Waals surface area contributed by atoms with Crippen LogP contribution in [0.25, 0.3) is 11.5 Å². The average Bonchev–Trinajstić information content (AvgIpc) is 3.05. The second-order valence-corrected chi connectivity index (χ2v) is 10.8. The van der Waals surface area contributed by atoms with Gasteiger partial charge in [-0.25, -0.2) is 23.4 Å². The van der Waals surface area contributed by atoms with Crippen molar-refractivity contribution in [3.8, 4) is 11.5 Å². The Balaban J connectivity index is 1.75. The molecule has 0 radical (unpaired) electrons. The zero-order valence-electron chi connectivity index (χ0n) is 23.2. The molecule has 0 aromatic carbocycles. The molecule has 0 saturated heterocycles. The van der Waals surface area contributed by atoms with Gasteiger partial charge in [-0.1, -0.05) is 6.07 Å². The van der Waals surface area contributed by atoms with E-state index in [4.69, 9.17) is 10.2 Å². The topological polar surface area (TPSA) is 113 Å². The lowest BCUT2D eigenvalue weighted by Crippen LogP contribution is -2.32. The molecular weight excluding hydrogens is 440 g/mol. The molecule has 3 aromatic heterocycles. The molecule has 0 aliphatic heterocycles. The monoisotopic (exact) mass is 474 g/mol. The van der Waals surface area contributed by atoms with Gasteiger partial charge in [0.05, 0.1) is 11.4 Å². The van der Waals surface area contributed by atoms with E-state index >= 15 is 0 Å². The van der Waals surface area contributed by atoms with E-state index in [0.717, 1.165) is 5.56 Å². The van der Waals surface area contributed by atoms with Gasteiger partial charge in [-0.2, -0.15) is 0 Å². The molecule has 0 spiro atoms. The predicted octanol–water partition coefficient (Wildman–Crippen LogP) is 3.55. The number of rotatable bonds is 9. The van der Waals surface area contributed by atoms with Gasteiger partial charge in [0, 0.05) is 29.6 Å².